The number of hydrogen-bond donors (Lipinski definition) is 3. The first-order valence-corrected chi connectivity index (χ1v) is 7.95. The maximum atomic E-state index is 10.2. The third kappa shape index (κ3) is 4.85. The number of aromatic nitrogens is 1. The van der Waals surface area contributed by atoms with E-state index in [1.165, 1.54) is 17.3 Å². The molecule has 7 nitrogen and oxygen atoms in total. The Morgan fingerprint density at radius 3 is 2.68 bits per heavy atom. The van der Waals surface area contributed by atoms with E-state index in [4.69, 9.17) is 5.41 Å². The van der Waals surface area contributed by atoms with Crippen LogP contribution in [0.15, 0.2) is 35.6 Å². The lowest BCUT2D eigenvalue weighted by Gasteiger charge is -2.15. The molecule has 25 heavy (non-hydrogen) atoms. The number of pyridine rings is 1. The summed E-state index contributed by atoms with van der Waals surface area (Å²) in [6.07, 6.45) is 3.40. The van der Waals surface area contributed by atoms with Crippen molar-refractivity contribution < 1.29 is 0 Å². The fraction of sp³-hybridized carbons (Fsp3) is 0.278. The molecule has 2 aromatic rings. The molecule has 2 rings (SSSR count). The molecule has 7 heteroatoms. The van der Waals surface area contributed by atoms with E-state index >= 15 is 0 Å². The van der Waals surface area contributed by atoms with E-state index in [2.05, 4.69) is 51.1 Å². The van der Waals surface area contributed by atoms with Crippen molar-refractivity contribution in [1.29, 1.82) is 10.7 Å². The van der Waals surface area contributed by atoms with Crippen molar-refractivity contribution in [2.24, 2.45) is 5.18 Å². The SMILES string of the molecule is Cc1ccc(CCNc2c(C#N)cnc(NCCN=O)c2C=N)cc1. The first-order valence-electron chi connectivity index (χ1n) is 7.95. The molecule has 1 aromatic carbocycles. The molecule has 0 aliphatic rings. The monoisotopic (exact) mass is 336 g/mol. The highest BCUT2D eigenvalue weighted by Crippen LogP contribution is 2.24. The average molecular weight is 336 g/mol. The Labute approximate surface area is 146 Å². The third-order valence-electron chi connectivity index (χ3n) is 3.71. The number of hydrogen-bond acceptors (Lipinski definition) is 7. The Hall–Kier alpha value is -3.27. The van der Waals surface area contributed by atoms with Crippen LogP contribution in [0.1, 0.15) is 22.3 Å². The lowest BCUT2D eigenvalue weighted by atomic mass is 10.1. The van der Waals surface area contributed by atoms with Crippen molar-refractivity contribution in [2.75, 3.05) is 30.3 Å². The minimum absolute atomic E-state index is 0.106. The van der Waals surface area contributed by atoms with Gasteiger partial charge in [0, 0.05) is 25.5 Å². The van der Waals surface area contributed by atoms with Gasteiger partial charge in [0.15, 0.2) is 0 Å². The molecular weight excluding hydrogens is 316 g/mol. The molecule has 0 aliphatic heterocycles. The molecule has 0 fully saturated rings. The zero-order valence-corrected chi connectivity index (χ0v) is 14.0. The number of aryl methyl sites for hydroxylation is 1. The molecule has 0 saturated heterocycles. The second-order valence-corrected chi connectivity index (χ2v) is 5.51. The minimum Gasteiger partial charge on any atom is -0.383 e. The molecule has 1 aromatic heterocycles. The second-order valence-electron chi connectivity index (χ2n) is 5.51. The highest BCUT2D eigenvalue weighted by atomic mass is 16.3. The van der Waals surface area contributed by atoms with Gasteiger partial charge < -0.3 is 16.0 Å². The summed E-state index contributed by atoms with van der Waals surface area (Å²) < 4.78 is 0. The van der Waals surface area contributed by atoms with Gasteiger partial charge in [0.1, 0.15) is 11.9 Å². The predicted octanol–water partition coefficient (Wildman–Crippen LogP) is 3.09. The highest BCUT2D eigenvalue weighted by Gasteiger charge is 2.13. The van der Waals surface area contributed by atoms with Gasteiger partial charge in [-0.25, -0.2) is 4.98 Å². The zero-order chi connectivity index (χ0) is 18.1. The van der Waals surface area contributed by atoms with E-state index in [0.717, 1.165) is 12.6 Å². The molecule has 128 valence electrons. The molecule has 1 heterocycles. The molecule has 0 radical (unpaired) electrons. The van der Waals surface area contributed by atoms with Crippen molar-refractivity contribution in [3.63, 3.8) is 0 Å². The lowest BCUT2D eigenvalue weighted by Crippen LogP contribution is -2.13. The average Bonchev–Trinajstić information content (AvgIpc) is 2.63. The van der Waals surface area contributed by atoms with Crippen LogP contribution in [-0.2, 0) is 6.42 Å². The summed E-state index contributed by atoms with van der Waals surface area (Å²) in [5.41, 5.74) is 3.85. The van der Waals surface area contributed by atoms with Crippen LogP contribution in [0.2, 0.25) is 0 Å². The molecule has 0 aliphatic carbocycles. The molecule has 0 bridgehead atoms. The summed E-state index contributed by atoms with van der Waals surface area (Å²) in [4.78, 5) is 14.4. The number of nitrogens with one attached hydrogen (secondary N) is 3. The third-order valence-corrected chi connectivity index (χ3v) is 3.71. The highest BCUT2D eigenvalue weighted by molar-refractivity contribution is 5.94. The van der Waals surface area contributed by atoms with Gasteiger partial charge in [0.05, 0.1) is 23.4 Å². The first-order chi connectivity index (χ1) is 12.2. The van der Waals surface area contributed by atoms with Gasteiger partial charge in [0.2, 0.25) is 0 Å². The number of nitriles is 1. The predicted molar refractivity (Wildman–Crippen MR) is 99.4 cm³/mol. The van der Waals surface area contributed by atoms with Gasteiger partial charge in [-0.2, -0.15) is 10.2 Å². The largest absolute Gasteiger partial charge is 0.383 e. The summed E-state index contributed by atoms with van der Waals surface area (Å²) in [7, 11) is 0. The molecule has 0 atom stereocenters. The van der Waals surface area contributed by atoms with Crippen LogP contribution in [0.3, 0.4) is 0 Å². The van der Waals surface area contributed by atoms with Crippen LogP contribution in [0.4, 0.5) is 11.5 Å². The lowest BCUT2D eigenvalue weighted by molar-refractivity contribution is 0.995. The van der Waals surface area contributed by atoms with Crippen molar-refractivity contribution in [1.82, 2.24) is 4.98 Å². The van der Waals surface area contributed by atoms with Crippen LogP contribution < -0.4 is 10.6 Å². The van der Waals surface area contributed by atoms with Crippen LogP contribution in [0.25, 0.3) is 0 Å². The Morgan fingerprint density at radius 1 is 1.28 bits per heavy atom. The summed E-state index contributed by atoms with van der Waals surface area (Å²) in [5.74, 6) is 0.454. The number of benzene rings is 1. The molecule has 0 amide bonds. The van der Waals surface area contributed by atoms with E-state index in [1.54, 1.807) is 0 Å². The molecule has 3 N–H and O–H groups in total. The Bertz CT molecular complexity index is 779. The van der Waals surface area contributed by atoms with Gasteiger partial charge in [-0.3, -0.25) is 0 Å². The standard InChI is InChI=1S/C18H20N6O/c1-13-2-4-14(5-3-13)6-7-21-17-15(10-19)12-23-18(16(17)11-20)22-8-9-24-25/h2-5,11-12,20H,6-9H2,1H3,(H2,21,22,23). The summed E-state index contributed by atoms with van der Waals surface area (Å²) in [5, 5.41) is 26.0. The minimum atomic E-state index is 0.106. The number of nitrogens with zero attached hydrogens (tertiary/aromatic N) is 3. The van der Waals surface area contributed by atoms with E-state index in [9.17, 15) is 10.2 Å². The van der Waals surface area contributed by atoms with Crippen LogP contribution in [0.5, 0.6) is 0 Å². The molecule has 0 saturated carbocycles. The quantitative estimate of drug-likeness (QED) is 0.370. The van der Waals surface area contributed by atoms with Crippen molar-refractivity contribution in [3.8, 4) is 6.07 Å². The zero-order valence-electron chi connectivity index (χ0n) is 14.0. The second kappa shape index (κ2) is 9.13. The van der Waals surface area contributed by atoms with Crippen molar-refractivity contribution >= 4 is 17.7 Å². The van der Waals surface area contributed by atoms with E-state index in [1.807, 2.05) is 6.92 Å². The Kier molecular flexibility index (Phi) is 6.60. The summed E-state index contributed by atoms with van der Waals surface area (Å²) in [6, 6.07) is 10.4. The van der Waals surface area contributed by atoms with E-state index < -0.39 is 0 Å². The fourth-order valence-electron chi connectivity index (χ4n) is 2.39. The summed E-state index contributed by atoms with van der Waals surface area (Å²) >= 11 is 0. The smallest absolute Gasteiger partial charge is 0.137 e. The van der Waals surface area contributed by atoms with Gasteiger partial charge in [-0.15, -0.1) is 0 Å². The summed E-state index contributed by atoms with van der Waals surface area (Å²) in [6.45, 7) is 3.10. The molecule has 0 spiro atoms. The van der Waals surface area contributed by atoms with Crippen LogP contribution >= 0.6 is 0 Å². The van der Waals surface area contributed by atoms with Crippen LogP contribution in [-0.4, -0.2) is 30.8 Å². The van der Waals surface area contributed by atoms with Gasteiger partial charge in [-0.05, 0) is 18.9 Å². The Morgan fingerprint density at radius 2 is 2.04 bits per heavy atom. The van der Waals surface area contributed by atoms with E-state index in [0.29, 0.717) is 35.7 Å². The maximum absolute atomic E-state index is 10.2. The normalized spacial score (nSPS) is 9.92. The van der Waals surface area contributed by atoms with Gasteiger partial charge in [0.25, 0.3) is 0 Å². The fourth-order valence-corrected chi connectivity index (χ4v) is 2.39. The number of nitroso groups, excluding NO2 is 1. The molecule has 0 unspecified atom stereocenters. The van der Waals surface area contributed by atoms with Crippen molar-refractivity contribution in [3.05, 3.63) is 57.6 Å². The van der Waals surface area contributed by atoms with Gasteiger partial charge in [-0.1, -0.05) is 35.0 Å². The van der Waals surface area contributed by atoms with Crippen molar-refractivity contribution in [2.45, 2.75) is 13.3 Å². The molecular formula is C18H20N6O. The maximum Gasteiger partial charge on any atom is 0.137 e. The van der Waals surface area contributed by atoms with E-state index in [-0.39, 0.29) is 6.54 Å². The number of anilines is 2. The Balaban J connectivity index is 2.14. The van der Waals surface area contributed by atoms with Crippen LogP contribution in [0, 0.1) is 28.6 Å². The topological polar surface area (TPSA) is 114 Å². The van der Waals surface area contributed by atoms with Gasteiger partial charge >= 0.3 is 0 Å². The number of rotatable bonds is 9. The first kappa shape index (κ1) is 18.1.